The summed E-state index contributed by atoms with van der Waals surface area (Å²) in [5.74, 6) is 2.09. The van der Waals surface area contributed by atoms with Crippen molar-refractivity contribution in [3.05, 3.63) is 41.5 Å². The van der Waals surface area contributed by atoms with E-state index in [-0.39, 0.29) is 0 Å². The Balaban J connectivity index is 1.68. The molecule has 3 rings (SSSR count). The molecule has 106 valence electrons. The van der Waals surface area contributed by atoms with Gasteiger partial charge in [0.15, 0.2) is 5.82 Å². The maximum atomic E-state index is 5.69. The molecule has 20 heavy (non-hydrogen) atoms. The number of anilines is 1. The third kappa shape index (κ3) is 3.18. The van der Waals surface area contributed by atoms with Gasteiger partial charge in [-0.2, -0.15) is 4.98 Å². The fourth-order valence-electron chi connectivity index (χ4n) is 2.85. The summed E-state index contributed by atoms with van der Waals surface area (Å²) < 4.78 is 5.40. The van der Waals surface area contributed by atoms with Crippen LogP contribution in [-0.4, -0.2) is 10.1 Å². The zero-order valence-electron chi connectivity index (χ0n) is 11.7. The molecule has 1 aromatic heterocycles. The van der Waals surface area contributed by atoms with Crippen LogP contribution in [0.25, 0.3) is 0 Å². The van der Waals surface area contributed by atoms with E-state index in [9.17, 15) is 0 Å². The molecule has 1 fully saturated rings. The summed E-state index contributed by atoms with van der Waals surface area (Å²) in [6, 6.07) is 7.81. The quantitative estimate of drug-likeness (QED) is 0.683. The highest BCUT2D eigenvalue weighted by Crippen LogP contribution is 2.29. The second kappa shape index (κ2) is 6.07. The van der Waals surface area contributed by atoms with Crippen LogP contribution in [0.4, 0.5) is 5.69 Å². The topological polar surface area (TPSA) is 64.9 Å². The van der Waals surface area contributed by atoms with Gasteiger partial charge in [-0.3, -0.25) is 0 Å². The Labute approximate surface area is 119 Å². The number of nitrogens with zero attached hydrogens (tertiary/aromatic N) is 2. The third-order valence-electron chi connectivity index (χ3n) is 4.04. The molecule has 1 heterocycles. The van der Waals surface area contributed by atoms with Crippen molar-refractivity contribution in [1.82, 2.24) is 10.1 Å². The Kier molecular flexibility index (Phi) is 4.00. The number of benzene rings is 1. The van der Waals surface area contributed by atoms with E-state index in [0.717, 1.165) is 17.1 Å². The van der Waals surface area contributed by atoms with Crippen molar-refractivity contribution < 1.29 is 4.52 Å². The predicted octanol–water partition coefficient (Wildman–Crippen LogP) is 3.68. The first-order chi connectivity index (χ1) is 9.81. The Morgan fingerprint density at radius 1 is 1.05 bits per heavy atom. The number of aromatic nitrogens is 2. The van der Waals surface area contributed by atoms with Crippen LogP contribution in [0.5, 0.6) is 0 Å². The zero-order chi connectivity index (χ0) is 13.8. The van der Waals surface area contributed by atoms with Crippen LogP contribution in [0.3, 0.4) is 0 Å². The molecule has 1 saturated carbocycles. The van der Waals surface area contributed by atoms with Crippen LogP contribution < -0.4 is 5.73 Å². The van der Waals surface area contributed by atoms with Crippen LogP contribution in [0.2, 0.25) is 0 Å². The van der Waals surface area contributed by atoms with Gasteiger partial charge in [-0.15, -0.1) is 0 Å². The molecule has 0 spiro atoms. The van der Waals surface area contributed by atoms with E-state index in [1.807, 2.05) is 24.3 Å². The van der Waals surface area contributed by atoms with E-state index in [4.69, 9.17) is 10.3 Å². The van der Waals surface area contributed by atoms with Gasteiger partial charge in [0.25, 0.3) is 0 Å². The molecule has 0 aliphatic heterocycles. The van der Waals surface area contributed by atoms with Gasteiger partial charge in [-0.1, -0.05) is 43.0 Å². The lowest BCUT2D eigenvalue weighted by atomic mass is 10.00. The minimum absolute atomic E-state index is 0.487. The van der Waals surface area contributed by atoms with Gasteiger partial charge in [-0.25, -0.2) is 0 Å². The van der Waals surface area contributed by atoms with Crippen molar-refractivity contribution in [2.75, 3.05) is 5.73 Å². The molecule has 0 bridgehead atoms. The standard InChI is InChI=1S/C16H21N3O/c17-14-9-7-12(8-10-14)11-15-18-16(19-20-15)13-5-3-1-2-4-6-13/h7-10,13H,1-6,11,17H2. The largest absolute Gasteiger partial charge is 0.399 e. The molecule has 0 atom stereocenters. The summed E-state index contributed by atoms with van der Waals surface area (Å²) in [6.45, 7) is 0. The van der Waals surface area contributed by atoms with E-state index in [0.29, 0.717) is 18.2 Å². The zero-order valence-corrected chi connectivity index (χ0v) is 11.7. The lowest BCUT2D eigenvalue weighted by Crippen LogP contribution is -2.00. The monoisotopic (exact) mass is 271 g/mol. The molecule has 0 amide bonds. The molecular weight excluding hydrogens is 250 g/mol. The smallest absolute Gasteiger partial charge is 0.231 e. The summed E-state index contributed by atoms with van der Waals surface area (Å²) in [7, 11) is 0. The number of nitrogen functional groups attached to an aromatic ring is 1. The Morgan fingerprint density at radius 2 is 1.75 bits per heavy atom. The second-order valence-corrected chi connectivity index (χ2v) is 5.65. The highest BCUT2D eigenvalue weighted by molar-refractivity contribution is 5.39. The van der Waals surface area contributed by atoms with Crippen LogP contribution in [0, 0.1) is 0 Å². The predicted molar refractivity (Wildman–Crippen MR) is 78.4 cm³/mol. The van der Waals surface area contributed by atoms with E-state index < -0.39 is 0 Å². The van der Waals surface area contributed by atoms with Crippen molar-refractivity contribution in [3.8, 4) is 0 Å². The van der Waals surface area contributed by atoms with Crippen molar-refractivity contribution in [2.45, 2.75) is 50.9 Å². The second-order valence-electron chi connectivity index (χ2n) is 5.65. The highest BCUT2D eigenvalue weighted by Gasteiger charge is 2.19. The minimum atomic E-state index is 0.487. The maximum absolute atomic E-state index is 5.69. The lowest BCUT2D eigenvalue weighted by molar-refractivity contribution is 0.372. The molecule has 4 nitrogen and oxygen atoms in total. The first-order valence-electron chi connectivity index (χ1n) is 7.48. The normalized spacial score (nSPS) is 17.0. The van der Waals surface area contributed by atoms with Gasteiger partial charge in [-0.05, 0) is 30.5 Å². The van der Waals surface area contributed by atoms with Crippen molar-refractivity contribution >= 4 is 5.69 Å². The third-order valence-corrected chi connectivity index (χ3v) is 4.04. The summed E-state index contributed by atoms with van der Waals surface area (Å²) in [6.07, 6.45) is 8.32. The first kappa shape index (κ1) is 13.2. The number of rotatable bonds is 3. The molecule has 1 aromatic carbocycles. The van der Waals surface area contributed by atoms with Gasteiger partial charge < -0.3 is 10.3 Å². The van der Waals surface area contributed by atoms with Gasteiger partial charge >= 0.3 is 0 Å². The molecule has 1 aliphatic carbocycles. The summed E-state index contributed by atoms with van der Waals surface area (Å²) in [4.78, 5) is 4.58. The van der Waals surface area contributed by atoms with Crippen LogP contribution >= 0.6 is 0 Å². The Hall–Kier alpha value is -1.84. The summed E-state index contributed by atoms with van der Waals surface area (Å²) in [5.41, 5.74) is 7.61. The van der Waals surface area contributed by atoms with Crippen molar-refractivity contribution in [2.24, 2.45) is 0 Å². The summed E-state index contributed by atoms with van der Waals surface area (Å²) in [5, 5.41) is 4.18. The van der Waals surface area contributed by atoms with Crippen LogP contribution in [-0.2, 0) is 6.42 Å². The number of hydrogen-bond acceptors (Lipinski definition) is 4. The van der Waals surface area contributed by atoms with Gasteiger partial charge in [0.2, 0.25) is 5.89 Å². The average Bonchev–Trinajstić information content (AvgIpc) is 2.74. The molecule has 2 N–H and O–H groups in total. The van der Waals surface area contributed by atoms with Gasteiger partial charge in [0, 0.05) is 11.6 Å². The van der Waals surface area contributed by atoms with Gasteiger partial charge in [0.05, 0.1) is 6.42 Å². The Bertz CT molecular complexity index is 539. The number of hydrogen-bond donors (Lipinski definition) is 1. The van der Waals surface area contributed by atoms with E-state index in [1.54, 1.807) is 0 Å². The van der Waals surface area contributed by atoms with Crippen molar-refractivity contribution in [1.29, 1.82) is 0 Å². The van der Waals surface area contributed by atoms with E-state index in [1.165, 1.54) is 38.5 Å². The molecule has 2 aromatic rings. The van der Waals surface area contributed by atoms with Crippen LogP contribution in [0.1, 0.15) is 61.7 Å². The summed E-state index contributed by atoms with van der Waals surface area (Å²) >= 11 is 0. The molecule has 0 unspecified atom stereocenters. The lowest BCUT2D eigenvalue weighted by Gasteiger charge is -2.07. The fraction of sp³-hybridized carbons (Fsp3) is 0.500. The maximum Gasteiger partial charge on any atom is 0.231 e. The Morgan fingerprint density at radius 3 is 2.45 bits per heavy atom. The molecular formula is C16H21N3O. The number of nitrogens with two attached hydrogens (primary N) is 1. The van der Waals surface area contributed by atoms with Gasteiger partial charge in [0.1, 0.15) is 0 Å². The molecule has 1 aliphatic rings. The van der Waals surface area contributed by atoms with Crippen molar-refractivity contribution in [3.63, 3.8) is 0 Å². The van der Waals surface area contributed by atoms with Crippen LogP contribution in [0.15, 0.2) is 28.8 Å². The average molecular weight is 271 g/mol. The fourth-order valence-corrected chi connectivity index (χ4v) is 2.85. The van der Waals surface area contributed by atoms with E-state index >= 15 is 0 Å². The minimum Gasteiger partial charge on any atom is -0.399 e. The SMILES string of the molecule is Nc1ccc(Cc2nc(C3CCCCCC3)no2)cc1. The molecule has 0 radical (unpaired) electrons. The molecule has 0 saturated heterocycles. The van der Waals surface area contributed by atoms with E-state index in [2.05, 4.69) is 10.1 Å². The molecule has 4 heteroatoms. The highest BCUT2D eigenvalue weighted by atomic mass is 16.5. The first-order valence-corrected chi connectivity index (χ1v) is 7.48.